The average molecular weight is 318 g/mol. The normalized spacial score (nSPS) is 12.3. The van der Waals surface area contributed by atoms with Gasteiger partial charge >= 0.3 is 12.4 Å². The van der Waals surface area contributed by atoms with E-state index in [0.29, 0.717) is 5.39 Å². The van der Waals surface area contributed by atoms with E-state index in [0.717, 1.165) is 0 Å². The molecule has 2 rings (SSSR count). The van der Waals surface area contributed by atoms with Gasteiger partial charge in [-0.1, -0.05) is 42.5 Å². The Balaban J connectivity index is 2.56. The predicted molar refractivity (Wildman–Crippen MR) is 68.5 cm³/mol. The number of alkyl halides is 6. The standard InChI is InChI=1S/C15H8F6O/c16-14(17,18)13(15(19,20)21)8-12(22)11-7-3-5-9-4-1-2-6-10(9)11/h1-8H. The van der Waals surface area contributed by atoms with E-state index in [1.807, 2.05) is 0 Å². The summed E-state index contributed by atoms with van der Waals surface area (Å²) in [4.78, 5) is 11.9. The number of ketones is 1. The summed E-state index contributed by atoms with van der Waals surface area (Å²) >= 11 is 0. The maximum absolute atomic E-state index is 12.5. The molecule has 116 valence electrons. The van der Waals surface area contributed by atoms with Crippen molar-refractivity contribution in [2.24, 2.45) is 0 Å². The van der Waals surface area contributed by atoms with Crippen molar-refractivity contribution in [1.82, 2.24) is 0 Å². The lowest BCUT2D eigenvalue weighted by molar-refractivity contribution is -0.171. The zero-order valence-corrected chi connectivity index (χ0v) is 10.8. The van der Waals surface area contributed by atoms with Gasteiger partial charge in [0, 0.05) is 11.6 Å². The number of halogens is 6. The molecule has 0 bridgehead atoms. The highest BCUT2D eigenvalue weighted by Crippen LogP contribution is 2.38. The molecule has 0 aliphatic heterocycles. The summed E-state index contributed by atoms with van der Waals surface area (Å²) in [6, 6.07) is 10.4. The molecule has 0 aromatic heterocycles. The molecule has 22 heavy (non-hydrogen) atoms. The lowest BCUT2D eigenvalue weighted by Crippen LogP contribution is -2.27. The highest BCUT2D eigenvalue weighted by atomic mass is 19.4. The van der Waals surface area contributed by atoms with E-state index < -0.39 is 29.8 Å². The molecule has 0 saturated carbocycles. The molecule has 0 fully saturated rings. The molecule has 0 heterocycles. The Morgan fingerprint density at radius 1 is 0.818 bits per heavy atom. The summed E-state index contributed by atoms with van der Waals surface area (Å²) in [6.07, 6.45) is -11.7. The zero-order chi connectivity index (χ0) is 16.5. The van der Waals surface area contributed by atoms with Crippen molar-refractivity contribution in [2.45, 2.75) is 12.4 Å². The highest BCUT2D eigenvalue weighted by molar-refractivity contribution is 6.13. The van der Waals surface area contributed by atoms with Crippen LogP contribution in [0.4, 0.5) is 26.3 Å². The molecule has 0 aliphatic rings. The van der Waals surface area contributed by atoms with Gasteiger partial charge in [-0.3, -0.25) is 4.79 Å². The number of carbonyl (C=O) groups is 1. The fraction of sp³-hybridized carbons (Fsp3) is 0.133. The second-order valence-electron chi connectivity index (χ2n) is 4.44. The van der Waals surface area contributed by atoms with E-state index >= 15 is 0 Å². The van der Waals surface area contributed by atoms with Gasteiger partial charge in [0.25, 0.3) is 0 Å². The van der Waals surface area contributed by atoms with Gasteiger partial charge in [-0.2, -0.15) is 26.3 Å². The molecular formula is C15H8F6O. The number of fused-ring (bicyclic) bond motifs is 1. The Morgan fingerprint density at radius 3 is 1.95 bits per heavy atom. The van der Waals surface area contributed by atoms with Crippen molar-refractivity contribution in [2.75, 3.05) is 0 Å². The predicted octanol–water partition coefficient (Wildman–Crippen LogP) is 5.07. The third-order valence-electron chi connectivity index (χ3n) is 2.94. The van der Waals surface area contributed by atoms with Crippen LogP contribution in [0.1, 0.15) is 10.4 Å². The molecule has 2 aromatic carbocycles. The van der Waals surface area contributed by atoms with Crippen LogP contribution in [0.5, 0.6) is 0 Å². The van der Waals surface area contributed by atoms with Crippen LogP contribution in [0.15, 0.2) is 54.1 Å². The summed E-state index contributed by atoms with van der Waals surface area (Å²) in [5, 5.41) is 0.831. The third-order valence-corrected chi connectivity index (χ3v) is 2.94. The number of benzene rings is 2. The molecule has 0 N–H and O–H groups in total. The van der Waals surface area contributed by atoms with Crippen molar-refractivity contribution in [3.63, 3.8) is 0 Å². The molecule has 0 spiro atoms. The Hall–Kier alpha value is -2.31. The SMILES string of the molecule is O=C(C=C(C(F)(F)F)C(F)(F)F)c1cccc2ccccc12. The summed E-state index contributed by atoms with van der Waals surface area (Å²) in [5.74, 6) is -1.35. The van der Waals surface area contributed by atoms with Gasteiger partial charge in [0.05, 0.1) is 0 Å². The molecule has 1 nitrogen and oxygen atoms in total. The second kappa shape index (κ2) is 5.47. The number of hydrogen-bond acceptors (Lipinski definition) is 1. The molecule has 2 aromatic rings. The van der Waals surface area contributed by atoms with Crippen LogP contribution in [-0.2, 0) is 0 Å². The van der Waals surface area contributed by atoms with Crippen LogP contribution in [0.3, 0.4) is 0 Å². The average Bonchev–Trinajstić information content (AvgIpc) is 2.41. The third kappa shape index (κ3) is 3.29. The van der Waals surface area contributed by atoms with Crippen molar-refractivity contribution < 1.29 is 31.1 Å². The van der Waals surface area contributed by atoms with Crippen LogP contribution >= 0.6 is 0 Å². The number of rotatable bonds is 2. The quantitative estimate of drug-likeness (QED) is 0.429. The number of hydrogen-bond donors (Lipinski definition) is 0. The van der Waals surface area contributed by atoms with Crippen molar-refractivity contribution in [1.29, 1.82) is 0 Å². The molecule has 0 unspecified atom stereocenters. The lowest BCUT2D eigenvalue weighted by atomic mass is 10.00. The first kappa shape index (κ1) is 16.1. The maximum atomic E-state index is 12.5. The molecular weight excluding hydrogens is 310 g/mol. The largest absolute Gasteiger partial charge is 0.421 e. The second-order valence-corrected chi connectivity index (χ2v) is 4.44. The van der Waals surface area contributed by atoms with Crippen LogP contribution in [0.2, 0.25) is 0 Å². The molecule has 0 atom stereocenters. The van der Waals surface area contributed by atoms with Gasteiger partial charge < -0.3 is 0 Å². The van der Waals surface area contributed by atoms with Gasteiger partial charge in [0.1, 0.15) is 5.57 Å². The maximum Gasteiger partial charge on any atom is 0.421 e. The van der Waals surface area contributed by atoms with Gasteiger partial charge in [0.2, 0.25) is 0 Å². The molecule has 7 heteroatoms. The summed E-state index contributed by atoms with van der Waals surface area (Å²) in [7, 11) is 0. The minimum Gasteiger partial charge on any atom is -0.289 e. The zero-order valence-electron chi connectivity index (χ0n) is 10.8. The Labute approximate surface area is 120 Å². The molecule has 0 saturated heterocycles. The van der Waals surface area contributed by atoms with Gasteiger partial charge in [-0.05, 0) is 10.8 Å². The van der Waals surface area contributed by atoms with Crippen molar-refractivity contribution in [3.8, 4) is 0 Å². The minimum atomic E-state index is -5.65. The molecule has 0 aliphatic carbocycles. The smallest absolute Gasteiger partial charge is 0.289 e. The van der Waals surface area contributed by atoms with Gasteiger partial charge in [-0.25, -0.2) is 0 Å². The Kier molecular flexibility index (Phi) is 4.00. The summed E-state index contributed by atoms with van der Waals surface area (Å²) < 4.78 is 74.8. The van der Waals surface area contributed by atoms with E-state index in [1.165, 1.54) is 24.3 Å². The van der Waals surface area contributed by atoms with Crippen LogP contribution in [0.25, 0.3) is 10.8 Å². The Morgan fingerprint density at radius 2 is 1.36 bits per heavy atom. The van der Waals surface area contributed by atoms with E-state index in [4.69, 9.17) is 0 Å². The molecule has 0 radical (unpaired) electrons. The lowest BCUT2D eigenvalue weighted by Gasteiger charge is -2.14. The topological polar surface area (TPSA) is 17.1 Å². The van der Waals surface area contributed by atoms with E-state index in [1.54, 1.807) is 18.2 Å². The highest BCUT2D eigenvalue weighted by Gasteiger charge is 2.51. The first-order chi connectivity index (χ1) is 10.1. The molecule has 0 amide bonds. The fourth-order valence-corrected chi connectivity index (χ4v) is 1.97. The minimum absolute atomic E-state index is 0.218. The fourth-order valence-electron chi connectivity index (χ4n) is 1.97. The number of allylic oxidation sites excluding steroid dienone is 2. The van der Waals surface area contributed by atoms with E-state index in [-0.39, 0.29) is 10.9 Å². The monoisotopic (exact) mass is 318 g/mol. The van der Waals surface area contributed by atoms with Gasteiger partial charge in [-0.15, -0.1) is 0 Å². The van der Waals surface area contributed by atoms with Crippen molar-refractivity contribution in [3.05, 3.63) is 59.7 Å². The summed E-state index contributed by atoms with van der Waals surface area (Å²) in [5.41, 5.74) is -3.04. The van der Waals surface area contributed by atoms with Gasteiger partial charge in [0.15, 0.2) is 5.78 Å². The first-order valence-electron chi connectivity index (χ1n) is 5.99. The van der Waals surface area contributed by atoms with Crippen LogP contribution in [-0.4, -0.2) is 18.1 Å². The summed E-state index contributed by atoms with van der Waals surface area (Å²) in [6.45, 7) is 0. The van der Waals surface area contributed by atoms with E-state index in [2.05, 4.69) is 0 Å². The first-order valence-corrected chi connectivity index (χ1v) is 5.99. The number of carbonyl (C=O) groups excluding carboxylic acids is 1. The van der Waals surface area contributed by atoms with Crippen LogP contribution < -0.4 is 0 Å². The van der Waals surface area contributed by atoms with Crippen molar-refractivity contribution >= 4 is 16.6 Å². The van der Waals surface area contributed by atoms with E-state index in [9.17, 15) is 31.1 Å². The van der Waals surface area contributed by atoms with Crippen LogP contribution in [0, 0.1) is 0 Å². The Bertz CT molecular complexity index is 718.